The van der Waals surface area contributed by atoms with Gasteiger partial charge in [-0.3, -0.25) is 9.59 Å². The van der Waals surface area contributed by atoms with Crippen LogP contribution in [0.4, 0.5) is 0 Å². The summed E-state index contributed by atoms with van der Waals surface area (Å²) in [7, 11) is 3.59. The van der Waals surface area contributed by atoms with Gasteiger partial charge in [0.05, 0.1) is 0 Å². The maximum absolute atomic E-state index is 13.1. The quantitative estimate of drug-likeness (QED) is 0.816. The van der Waals surface area contributed by atoms with Crippen LogP contribution < -0.4 is 0 Å². The highest BCUT2D eigenvalue weighted by Crippen LogP contribution is 2.22. The highest BCUT2D eigenvalue weighted by atomic mass is 16.2. The lowest BCUT2D eigenvalue weighted by Crippen LogP contribution is -2.43. The highest BCUT2D eigenvalue weighted by molar-refractivity contribution is 5.96. The molecule has 0 aliphatic carbocycles. The van der Waals surface area contributed by atoms with Gasteiger partial charge in [0, 0.05) is 38.7 Å². The first-order valence-corrected chi connectivity index (χ1v) is 9.68. The number of hydrogen-bond donors (Lipinski definition) is 0. The van der Waals surface area contributed by atoms with Gasteiger partial charge in [-0.15, -0.1) is 0 Å². The van der Waals surface area contributed by atoms with Crippen LogP contribution in [0.2, 0.25) is 0 Å². The molecule has 4 heteroatoms. The summed E-state index contributed by atoms with van der Waals surface area (Å²) in [6.45, 7) is 1.30. The van der Waals surface area contributed by atoms with Gasteiger partial charge in [-0.1, -0.05) is 48.5 Å². The maximum Gasteiger partial charge on any atom is 0.254 e. The molecule has 4 nitrogen and oxygen atoms in total. The van der Waals surface area contributed by atoms with Crippen LogP contribution in [-0.2, 0) is 17.6 Å². The smallest absolute Gasteiger partial charge is 0.254 e. The summed E-state index contributed by atoms with van der Waals surface area (Å²) in [6.07, 6.45) is 3.26. The number of aryl methyl sites for hydroxylation is 2. The number of amides is 2. The first-order chi connectivity index (χ1) is 13.1. The largest absolute Gasteiger partial charge is 0.349 e. The van der Waals surface area contributed by atoms with Crippen molar-refractivity contribution in [2.75, 3.05) is 27.2 Å². The van der Waals surface area contributed by atoms with Crippen molar-refractivity contribution in [2.24, 2.45) is 5.92 Å². The summed E-state index contributed by atoms with van der Waals surface area (Å²) in [4.78, 5) is 28.8. The monoisotopic (exact) mass is 364 g/mol. The van der Waals surface area contributed by atoms with Gasteiger partial charge in [0.25, 0.3) is 5.91 Å². The lowest BCUT2D eigenvalue weighted by atomic mass is 9.94. The molecular weight excluding hydrogens is 336 g/mol. The zero-order chi connectivity index (χ0) is 19.2. The number of carbonyl (C=O) groups excluding carboxylic acids is 2. The fourth-order valence-electron chi connectivity index (χ4n) is 3.74. The number of rotatable bonds is 5. The Morgan fingerprint density at radius 2 is 1.56 bits per heavy atom. The molecule has 1 aliphatic heterocycles. The molecule has 0 unspecified atom stereocenters. The molecule has 0 spiro atoms. The number of hydrogen-bond acceptors (Lipinski definition) is 2. The molecule has 142 valence electrons. The lowest BCUT2D eigenvalue weighted by Gasteiger charge is -2.33. The first kappa shape index (κ1) is 19.2. The van der Waals surface area contributed by atoms with Gasteiger partial charge < -0.3 is 9.80 Å². The minimum absolute atomic E-state index is 0.0392. The van der Waals surface area contributed by atoms with E-state index in [-0.39, 0.29) is 17.7 Å². The molecule has 0 aromatic heterocycles. The molecular formula is C23H28N2O2. The third-order valence-electron chi connectivity index (χ3n) is 5.35. The molecule has 1 aliphatic rings. The first-order valence-electron chi connectivity index (χ1n) is 9.68. The average Bonchev–Trinajstić information content (AvgIpc) is 2.72. The third-order valence-corrected chi connectivity index (χ3v) is 5.35. The van der Waals surface area contributed by atoms with Crippen molar-refractivity contribution >= 4 is 11.8 Å². The van der Waals surface area contributed by atoms with E-state index in [9.17, 15) is 9.59 Å². The summed E-state index contributed by atoms with van der Waals surface area (Å²) in [5, 5.41) is 0. The number of benzene rings is 2. The molecule has 3 rings (SSSR count). The van der Waals surface area contributed by atoms with Gasteiger partial charge in [-0.05, 0) is 42.9 Å². The molecule has 0 radical (unpaired) electrons. The molecule has 1 heterocycles. The summed E-state index contributed by atoms with van der Waals surface area (Å²) >= 11 is 0. The van der Waals surface area contributed by atoms with Crippen molar-refractivity contribution < 1.29 is 9.59 Å². The normalized spacial score (nSPS) is 14.8. The van der Waals surface area contributed by atoms with Gasteiger partial charge in [0.2, 0.25) is 5.91 Å². The highest BCUT2D eigenvalue weighted by Gasteiger charge is 2.29. The molecule has 2 aromatic carbocycles. The van der Waals surface area contributed by atoms with E-state index in [1.54, 1.807) is 19.0 Å². The van der Waals surface area contributed by atoms with Crippen LogP contribution in [0.1, 0.15) is 34.3 Å². The topological polar surface area (TPSA) is 40.6 Å². The van der Waals surface area contributed by atoms with Crippen LogP contribution in [-0.4, -0.2) is 48.8 Å². The van der Waals surface area contributed by atoms with Crippen molar-refractivity contribution in [2.45, 2.75) is 25.7 Å². The van der Waals surface area contributed by atoms with Crippen LogP contribution in [0.15, 0.2) is 54.6 Å². The minimum Gasteiger partial charge on any atom is -0.349 e. The van der Waals surface area contributed by atoms with Crippen LogP contribution in [0.25, 0.3) is 0 Å². The van der Waals surface area contributed by atoms with Crippen LogP contribution in [0.3, 0.4) is 0 Å². The molecule has 1 saturated heterocycles. The Bertz CT molecular complexity index is 778. The van der Waals surface area contributed by atoms with E-state index in [2.05, 4.69) is 18.2 Å². The average molecular weight is 364 g/mol. The van der Waals surface area contributed by atoms with Crippen LogP contribution in [0.5, 0.6) is 0 Å². The van der Waals surface area contributed by atoms with E-state index in [0.29, 0.717) is 13.1 Å². The number of nitrogens with zero attached hydrogens (tertiary/aromatic N) is 2. The molecule has 2 amide bonds. The van der Waals surface area contributed by atoms with E-state index >= 15 is 0 Å². The van der Waals surface area contributed by atoms with Crippen molar-refractivity contribution in [3.05, 3.63) is 71.3 Å². The Kier molecular flexibility index (Phi) is 6.28. The lowest BCUT2D eigenvalue weighted by molar-refractivity contribution is -0.134. The molecule has 0 bridgehead atoms. The Morgan fingerprint density at radius 3 is 2.22 bits per heavy atom. The third kappa shape index (κ3) is 4.76. The van der Waals surface area contributed by atoms with E-state index in [1.807, 2.05) is 41.3 Å². The van der Waals surface area contributed by atoms with Crippen molar-refractivity contribution in [3.63, 3.8) is 0 Å². The molecule has 0 atom stereocenters. The standard InChI is InChI=1S/C23H28N2O2/c1-24(2)22(26)20-14-16-25(17-15-20)23(27)21-11-7-6-10-19(21)13-12-18-8-4-3-5-9-18/h3-11,20H,12-17H2,1-2H3. The van der Waals surface area contributed by atoms with Gasteiger partial charge in [0.15, 0.2) is 0 Å². The summed E-state index contributed by atoms with van der Waals surface area (Å²) in [6, 6.07) is 18.3. The second kappa shape index (κ2) is 8.85. The van der Waals surface area contributed by atoms with Gasteiger partial charge in [-0.2, -0.15) is 0 Å². The second-order valence-electron chi connectivity index (χ2n) is 7.44. The van der Waals surface area contributed by atoms with Crippen LogP contribution >= 0.6 is 0 Å². The minimum atomic E-state index is 0.0392. The Morgan fingerprint density at radius 1 is 0.926 bits per heavy atom. The van der Waals surface area contributed by atoms with Crippen molar-refractivity contribution in [3.8, 4) is 0 Å². The van der Waals surface area contributed by atoms with E-state index in [0.717, 1.165) is 36.8 Å². The Labute approximate surface area is 161 Å². The van der Waals surface area contributed by atoms with E-state index < -0.39 is 0 Å². The fourth-order valence-corrected chi connectivity index (χ4v) is 3.74. The fraction of sp³-hybridized carbons (Fsp3) is 0.391. The Hall–Kier alpha value is -2.62. The maximum atomic E-state index is 13.1. The van der Waals surface area contributed by atoms with Gasteiger partial charge in [-0.25, -0.2) is 0 Å². The van der Waals surface area contributed by atoms with E-state index in [1.165, 1.54) is 5.56 Å². The number of piperidine rings is 1. The van der Waals surface area contributed by atoms with Gasteiger partial charge in [0.1, 0.15) is 0 Å². The molecule has 0 saturated carbocycles. The molecule has 2 aromatic rings. The number of likely N-dealkylation sites (tertiary alicyclic amines) is 1. The Balaban J connectivity index is 1.64. The second-order valence-corrected chi connectivity index (χ2v) is 7.44. The molecule has 0 N–H and O–H groups in total. The number of carbonyl (C=O) groups is 2. The van der Waals surface area contributed by atoms with Gasteiger partial charge >= 0.3 is 0 Å². The summed E-state index contributed by atoms with van der Waals surface area (Å²) in [5.41, 5.74) is 3.17. The van der Waals surface area contributed by atoms with Crippen molar-refractivity contribution in [1.82, 2.24) is 9.80 Å². The molecule has 1 fully saturated rings. The summed E-state index contributed by atoms with van der Waals surface area (Å²) in [5.74, 6) is 0.303. The zero-order valence-electron chi connectivity index (χ0n) is 16.2. The zero-order valence-corrected chi connectivity index (χ0v) is 16.2. The predicted molar refractivity (Wildman–Crippen MR) is 108 cm³/mol. The van der Waals surface area contributed by atoms with E-state index in [4.69, 9.17) is 0 Å². The van der Waals surface area contributed by atoms with Crippen molar-refractivity contribution in [1.29, 1.82) is 0 Å². The SMILES string of the molecule is CN(C)C(=O)C1CCN(C(=O)c2ccccc2CCc2ccccc2)CC1. The summed E-state index contributed by atoms with van der Waals surface area (Å²) < 4.78 is 0. The van der Waals surface area contributed by atoms with Crippen LogP contribution in [0, 0.1) is 5.92 Å². The molecule has 27 heavy (non-hydrogen) atoms. The predicted octanol–water partition coefficient (Wildman–Crippen LogP) is 3.41.